The van der Waals surface area contributed by atoms with Crippen molar-refractivity contribution in [3.05, 3.63) is 28.2 Å². The number of aliphatic hydroxyl groups is 1. The second-order valence-corrected chi connectivity index (χ2v) is 3.72. The van der Waals surface area contributed by atoms with Crippen molar-refractivity contribution in [2.45, 2.75) is 6.42 Å². The Bertz CT molecular complexity index is 346. The number of benzene rings is 1. The van der Waals surface area contributed by atoms with E-state index in [2.05, 4.69) is 27.3 Å². The molecular formula is C10H11BrN2O. The van der Waals surface area contributed by atoms with Crippen molar-refractivity contribution in [1.82, 2.24) is 0 Å². The lowest BCUT2D eigenvalue weighted by Gasteiger charge is -2.07. The smallest absolute Gasteiger partial charge is 0.101 e. The molecule has 4 heteroatoms. The maximum Gasteiger partial charge on any atom is 0.101 e. The summed E-state index contributed by atoms with van der Waals surface area (Å²) >= 11 is 3.34. The van der Waals surface area contributed by atoms with Gasteiger partial charge in [0.25, 0.3) is 0 Å². The van der Waals surface area contributed by atoms with Crippen LogP contribution in [-0.4, -0.2) is 18.3 Å². The van der Waals surface area contributed by atoms with Crippen LogP contribution in [0.25, 0.3) is 0 Å². The van der Waals surface area contributed by atoms with E-state index in [4.69, 9.17) is 10.4 Å². The van der Waals surface area contributed by atoms with E-state index in [1.807, 2.05) is 12.1 Å². The predicted molar refractivity (Wildman–Crippen MR) is 59.0 cm³/mol. The molecule has 0 fully saturated rings. The summed E-state index contributed by atoms with van der Waals surface area (Å²) in [6, 6.07) is 7.55. The van der Waals surface area contributed by atoms with E-state index < -0.39 is 0 Å². The first-order valence-electron chi connectivity index (χ1n) is 4.32. The van der Waals surface area contributed by atoms with Gasteiger partial charge in [0.2, 0.25) is 0 Å². The molecule has 0 amide bonds. The van der Waals surface area contributed by atoms with E-state index in [-0.39, 0.29) is 6.61 Å². The minimum Gasteiger partial charge on any atom is -0.396 e. The lowest BCUT2D eigenvalue weighted by Crippen LogP contribution is -2.04. The molecule has 1 aromatic rings. The quantitative estimate of drug-likeness (QED) is 0.810. The van der Waals surface area contributed by atoms with Crippen molar-refractivity contribution < 1.29 is 5.11 Å². The Morgan fingerprint density at radius 3 is 2.93 bits per heavy atom. The van der Waals surface area contributed by atoms with E-state index in [0.29, 0.717) is 18.5 Å². The standard InChI is InChI=1S/C10H11BrN2O/c11-9-3-2-8(7-12)10(6-9)13-4-1-5-14/h2-3,6,13-14H,1,4-5H2. The van der Waals surface area contributed by atoms with Crippen molar-refractivity contribution in [2.75, 3.05) is 18.5 Å². The fourth-order valence-electron chi connectivity index (χ4n) is 1.06. The van der Waals surface area contributed by atoms with Crippen LogP contribution in [-0.2, 0) is 0 Å². The molecule has 14 heavy (non-hydrogen) atoms. The van der Waals surface area contributed by atoms with Crippen LogP contribution in [0.2, 0.25) is 0 Å². The number of nitrogens with one attached hydrogen (secondary N) is 1. The fourth-order valence-corrected chi connectivity index (χ4v) is 1.42. The molecule has 0 unspecified atom stereocenters. The summed E-state index contributed by atoms with van der Waals surface area (Å²) in [7, 11) is 0. The number of halogens is 1. The predicted octanol–water partition coefficient (Wildman–Crippen LogP) is 2.12. The van der Waals surface area contributed by atoms with Gasteiger partial charge in [0.1, 0.15) is 6.07 Å². The summed E-state index contributed by atoms with van der Waals surface area (Å²) in [5.74, 6) is 0. The molecule has 0 atom stereocenters. The van der Waals surface area contributed by atoms with Crippen molar-refractivity contribution in [3.8, 4) is 6.07 Å². The highest BCUT2D eigenvalue weighted by molar-refractivity contribution is 9.10. The Labute approximate surface area is 91.5 Å². The molecule has 3 nitrogen and oxygen atoms in total. The lowest BCUT2D eigenvalue weighted by atomic mass is 10.2. The normalized spacial score (nSPS) is 9.50. The molecular weight excluding hydrogens is 244 g/mol. The summed E-state index contributed by atoms with van der Waals surface area (Å²) in [6.45, 7) is 0.824. The third-order valence-corrected chi connectivity index (χ3v) is 2.25. The van der Waals surface area contributed by atoms with Crippen LogP contribution in [0.4, 0.5) is 5.69 Å². The van der Waals surface area contributed by atoms with Gasteiger partial charge in [-0.3, -0.25) is 0 Å². The molecule has 0 saturated carbocycles. The first-order valence-corrected chi connectivity index (χ1v) is 5.11. The zero-order valence-corrected chi connectivity index (χ0v) is 9.21. The SMILES string of the molecule is N#Cc1ccc(Br)cc1NCCCO. The number of rotatable bonds is 4. The highest BCUT2D eigenvalue weighted by Crippen LogP contribution is 2.20. The summed E-state index contributed by atoms with van der Waals surface area (Å²) in [5, 5.41) is 20.5. The Hall–Kier alpha value is -1.05. The molecule has 0 saturated heterocycles. The topological polar surface area (TPSA) is 56.0 Å². The number of anilines is 1. The molecule has 0 spiro atoms. The number of aliphatic hydroxyl groups excluding tert-OH is 1. The Kier molecular flexibility index (Phi) is 4.44. The zero-order chi connectivity index (χ0) is 10.4. The molecule has 0 aliphatic heterocycles. The number of nitriles is 1. The fraction of sp³-hybridized carbons (Fsp3) is 0.300. The van der Waals surface area contributed by atoms with E-state index in [1.165, 1.54) is 0 Å². The van der Waals surface area contributed by atoms with E-state index >= 15 is 0 Å². The number of nitrogens with zero attached hydrogens (tertiary/aromatic N) is 1. The molecule has 1 rings (SSSR count). The average molecular weight is 255 g/mol. The van der Waals surface area contributed by atoms with Gasteiger partial charge in [-0.2, -0.15) is 5.26 Å². The minimum absolute atomic E-state index is 0.156. The van der Waals surface area contributed by atoms with Gasteiger partial charge in [0.15, 0.2) is 0 Å². The second-order valence-electron chi connectivity index (χ2n) is 2.81. The van der Waals surface area contributed by atoms with Crippen LogP contribution in [0, 0.1) is 11.3 Å². The maximum absolute atomic E-state index is 8.81. The van der Waals surface area contributed by atoms with Gasteiger partial charge in [-0.1, -0.05) is 15.9 Å². The van der Waals surface area contributed by atoms with Gasteiger partial charge < -0.3 is 10.4 Å². The maximum atomic E-state index is 8.81. The molecule has 0 bridgehead atoms. The first kappa shape index (κ1) is 11.0. The van der Waals surface area contributed by atoms with Crippen molar-refractivity contribution in [1.29, 1.82) is 5.26 Å². The van der Waals surface area contributed by atoms with Crippen LogP contribution in [0.1, 0.15) is 12.0 Å². The van der Waals surface area contributed by atoms with Gasteiger partial charge in [-0.05, 0) is 24.6 Å². The highest BCUT2D eigenvalue weighted by Gasteiger charge is 2.01. The molecule has 74 valence electrons. The van der Waals surface area contributed by atoms with Crippen LogP contribution in [0.15, 0.2) is 22.7 Å². The van der Waals surface area contributed by atoms with Crippen LogP contribution in [0.5, 0.6) is 0 Å². The van der Waals surface area contributed by atoms with Crippen molar-refractivity contribution >= 4 is 21.6 Å². The summed E-state index contributed by atoms with van der Waals surface area (Å²) in [5.41, 5.74) is 1.42. The van der Waals surface area contributed by atoms with E-state index in [0.717, 1.165) is 10.2 Å². The average Bonchev–Trinajstić information content (AvgIpc) is 2.19. The molecule has 0 radical (unpaired) electrons. The monoisotopic (exact) mass is 254 g/mol. The van der Waals surface area contributed by atoms with E-state index in [9.17, 15) is 0 Å². The van der Waals surface area contributed by atoms with Gasteiger partial charge in [-0.25, -0.2) is 0 Å². The number of hydrogen-bond donors (Lipinski definition) is 2. The van der Waals surface area contributed by atoms with Gasteiger partial charge >= 0.3 is 0 Å². The van der Waals surface area contributed by atoms with Crippen molar-refractivity contribution in [3.63, 3.8) is 0 Å². The van der Waals surface area contributed by atoms with Crippen LogP contribution < -0.4 is 5.32 Å². The van der Waals surface area contributed by atoms with E-state index in [1.54, 1.807) is 6.07 Å². The largest absolute Gasteiger partial charge is 0.396 e. The molecule has 2 N–H and O–H groups in total. The summed E-state index contributed by atoms with van der Waals surface area (Å²) in [4.78, 5) is 0. The molecule has 0 aromatic heterocycles. The summed E-state index contributed by atoms with van der Waals surface area (Å²) < 4.78 is 0.933. The van der Waals surface area contributed by atoms with Gasteiger partial charge in [-0.15, -0.1) is 0 Å². The van der Waals surface area contributed by atoms with Crippen molar-refractivity contribution in [2.24, 2.45) is 0 Å². The molecule has 0 aliphatic rings. The van der Waals surface area contributed by atoms with Gasteiger partial charge in [0, 0.05) is 17.6 Å². The number of hydrogen-bond acceptors (Lipinski definition) is 3. The third-order valence-electron chi connectivity index (χ3n) is 1.75. The first-order chi connectivity index (χ1) is 6.77. The summed E-state index contributed by atoms with van der Waals surface area (Å²) in [6.07, 6.45) is 0.678. The zero-order valence-electron chi connectivity index (χ0n) is 7.63. The van der Waals surface area contributed by atoms with Gasteiger partial charge in [0.05, 0.1) is 11.3 Å². The highest BCUT2D eigenvalue weighted by atomic mass is 79.9. The Balaban J connectivity index is 2.73. The van der Waals surface area contributed by atoms with Crippen LogP contribution in [0.3, 0.4) is 0 Å². The van der Waals surface area contributed by atoms with Crippen LogP contribution >= 0.6 is 15.9 Å². The second kappa shape index (κ2) is 5.63. The minimum atomic E-state index is 0.156. The molecule has 0 heterocycles. The lowest BCUT2D eigenvalue weighted by molar-refractivity contribution is 0.292. The third kappa shape index (κ3) is 3.02. The Morgan fingerprint density at radius 1 is 1.50 bits per heavy atom. The molecule has 1 aromatic carbocycles. The molecule has 0 aliphatic carbocycles. The Morgan fingerprint density at radius 2 is 2.29 bits per heavy atom.